The zero-order chi connectivity index (χ0) is 89.8. The fourth-order valence-corrected chi connectivity index (χ4v) is 25.6. The van der Waals surface area contributed by atoms with Crippen LogP contribution in [0.15, 0.2) is 436 Å². The van der Waals surface area contributed by atoms with E-state index in [1.54, 1.807) is 0 Å². The summed E-state index contributed by atoms with van der Waals surface area (Å²) in [5, 5.41) is 15.3. The monoisotopic (exact) mass is 1780 g/mol. The van der Waals surface area contributed by atoms with Crippen LogP contribution in [0.4, 0.5) is 0 Å². The van der Waals surface area contributed by atoms with Crippen LogP contribution in [0.25, 0.3) is 215 Å². The molecule has 21 aromatic carbocycles. The Labute approximate surface area is 796 Å². The first-order valence-corrected chi connectivity index (χ1v) is 49.4. The first-order valence-electron chi connectivity index (χ1n) is 47.0. The molecule has 0 N–H and O–H groups in total. The van der Waals surface area contributed by atoms with E-state index in [2.05, 4.69) is 455 Å². The van der Waals surface area contributed by atoms with E-state index in [1.165, 1.54) is 239 Å². The Hall–Kier alpha value is -15.4. The fraction of sp³-hybridized carbons (Fsp3) is 0.0714. The van der Waals surface area contributed by atoms with Crippen LogP contribution in [0.3, 0.4) is 0 Å². The molecular formula is C126H88N6S3. The zero-order valence-corrected chi connectivity index (χ0v) is 77.7. The maximum atomic E-state index is 5.05. The molecule has 0 bridgehead atoms. The normalized spacial score (nSPS) is 12.8. The average Bonchev–Trinajstić information content (AvgIpc) is 1.68. The van der Waals surface area contributed by atoms with E-state index in [0.717, 1.165) is 53.3 Å². The SMILES string of the molecule is CCc1nc2cccc3c2n1-c1cc(-c2c4ccccc4c(-c4ccc(-c5ccccc5)cc4)c4ccccc24)ccc1S3.CCc1nc2cccc3c2n1-c1cc(-c2c4ccccc4c(-c4ccc5c(c4)C(C)(C)c4ccccc4-5)c4ccccc24)ccc1S3.CCc1nc2cccc3c2n1-c1cc(-c2c4ccccc4c(-c4cccc(-c5ccccc5)c4)c4ccccc24)ccc1S3. The molecule has 0 unspecified atom stereocenters. The van der Waals surface area contributed by atoms with E-state index in [0.29, 0.717) is 0 Å². The van der Waals surface area contributed by atoms with Crippen molar-refractivity contribution in [1.29, 1.82) is 0 Å². The molecule has 6 heterocycles. The fourth-order valence-electron chi connectivity index (χ4n) is 22.4. The molecule has 135 heavy (non-hydrogen) atoms. The van der Waals surface area contributed by atoms with E-state index in [-0.39, 0.29) is 5.41 Å². The highest BCUT2D eigenvalue weighted by Gasteiger charge is 2.37. The Morgan fingerprint density at radius 1 is 0.207 bits per heavy atom. The molecule has 0 saturated carbocycles. The summed E-state index contributed by atoms with van der Waals surface area (Å²) < 4.78 is 7.20. The molecule has 9 heteroatoms. The van der Waals surface area contributed by atoms with Gasteiger partial charge in [0, 0.05) is 54.1 Å². The molecule has 0 atom stereocenters. The van der Waals surface area contributed by atoms with Crippen molar-refractivity contribution in [3.05, 3.63) is 435 Å². The van der Waals surface area contributed by atoms with Crippen molar-refractivity contribution in [1.82, 2.24) is 28.7 Å². The summed E-state index contributed by atoms with van der Waals surface area (Å²) in [7, 11) is 0. The topological polar surface area (TPSA) is 53.5 Å². The van der Waals surface area contributed by atoms with Crippen LogP contribution in [0.1, 0.15) is 63.2 Å². The number of imidazole rings is 3. The maximum Gasteiger partial charge on any atom is 0.114 e. The van der Waals surface area contributed by atoms with Crippen molar-refractivity contribution in [2.75, 3.05) is 0 Å². The molecule has 28 rings (SSSR count). The number of aromatic nitrogens is 6. The lowest BCUT2D eigenvalue weighted by Crippen LogP contribution is -2.14. The average molecular weight is 1780 g/mol. The summed E-state index contributed by atoms with van der Waals surface area (Å²) in [6.45, 7) is 11.3. The second-order valence-electron chi connectivity index (χ2n) is 36.2. The van der Waals surface area contributed by atoms with Gasteiger partial charge in [0.2, 0.25) is 0 Å². The molecule has 0 saturated heterocycles. The quantitative estimate of drug-likeness (QED) is 0.120. The van der Waals surface area contributed by atoms with E-state index in [1.807, 2.05) is 35.3 Å². The summed E-state index contributed by atoms with van der Waals surface area (Å²) in [6.07, 6.45) is 2.64. The number of rotatable bonds is 11. The van der Waals surface area contributed by atoms with Gasteiger partial charge >= 0.3 is 0 Å². The molecule has 0 amide bonds. The van der Waals surface area contributed by atoms with Gasteiger partial charge in [0.15, 0.2) is 0 Å². The molecule has 24 aromatic rings. The number of hydrogen-bond acceptors (Lipinski definition) is 6. The van der Waals surface area contributed by atoms with Crippen molar-refractivity contribution in [3.8, 4) is 117 Å². The second kappa shape index (κ2) is 32.2. The van der Waals surface area contributed by atoms with Gasteiger partial charge in [0.25, 0.3) is 0 Å². The highest BCUT2D eigenvalue weighted by Crippen LogP contribution is 2.56. The molecule has 0 spiro atoms. The van der Waals surface area contributed by atoms with Crippen molar-refractivity contribution < 1.29 is 0 Å². The van der Waals surface area contributed by atoms with Crippen molar-refractivity contribution in [3.63, 3.8) is 0 Å². The molecule has 0 radical (unpaired) electrons. The third-order valence-corrected chi connectivity index (χ3v) is 31.7. The standard InChI is InChI=1S/C44H32N2S.2C41H28N2S/c1-4-40-45-36-18-11-19-39-43(36)46(40)37-25-27(21-23-38(37)47-39)42-32-15-7-5-13-30(32)41(31-14-6-8-16-33(31)42)26-20-22-29-28-12-9-10-17-34(28)44(2,3)35(29)24-26;1-2-38-42-34-20-11-21-37-41(34)43(38)35-25-29(22-23-36(35)44-37)40-32-18-8-6-16-30(32)39(31-17-7-9-19-33(31)40)28-15-10-14-27(24-28)26-12-4-3-5-13-26;1-2-38-42-34-17-10-18-37-41(34)43(38)35-25-29(23-24-36(35)44-37)40-32-15-8-6-13-30(32)39(31-14-7-9-16-33(31)40)28-21-19-27(20-22-28)26-11-4-3-5-12-26/h5-25H,4H2,1-3H3;2*3-25H,2H2,1H3. The number of fused-ring (bicyclic) bond motifs is 15. The van der Waals surface area contributed by atoms with Gasteiger partial charge < -0.3 is 0 Å². The summed E-state index contributed by atoms with van der Waals surface area (Å²) in [6, 6.07) is 149. The molecule has 6 nitrogen and oxygen atoms in total. The molecule has 4 aliphatic rings. The van der Waals surface area contributed by atoms with Crippen LogP contribution in [0.5, 0.6) is 0 Å². The number of nitrogens with zero attached hydrogens (tertiary/aromatic N) is 6. The lowest BCUT2D eigenvalue weighted by atomic mass is 9.80. The van der Waals surface area contributed by atoms with Crippen LogP contribution in [0, 0.1) is 0 Å². The van der Waals surface area contributed by atoms with Gasteiger partial charge in [-0.3, -0.25) is 13.7 Å². The van der Waals surface area contributed by atoms with E-state index < -0.39 is 0 Å². The van der Waals surface area contributed by atoms with Crippen molar-refractivity contribution in [2.24, 2.45) is 0 Å². The van der Waals surface area contributed by atoms with Crippen molar-refractivity contribution in [2.45, 2.75) is 88.7 Å². The zero-order valence-electron chi connectivity index (χ0n) is 75.2. The highest BCUT2D eigenvalue weighted by atomic mass is 32.2. The molecule has 0 fully saturated rings. The minimum atomic E-state index is -0.0523. The van der Waals surface area contributed by atoms with Gasteiger partial charge in [-0.15, -0.1) is 0 Å². The van der Waals surface area contributed by atoms with Crippen LogP contribution in [-0.4, -0.2) is 28.7 Å². The van der Waals surface area contributed by atoms with Crippen LogP contribution >= 0.6 is 35.3 Å². The predicted octanol–water partition coefficient (Wildman–Crippen LogP) is 34.7. The third-order valence-electron chi connectivity index (χ3n) is 28.4. The van der Waals surface area contributed by atoms with Crippen LogP contribution in [-0.2, 0) is 24.7 Å². The van der Waals surface area contributed by atoms with E-state index >= 15 is 0 Å². The largest absolute Gasteiger partial charge is 0.294 e. The Morgan fingerprint density at radius 3 is 0.830 bits per heavy atom. The minimum absolute atomic E-state index is 0.0523. The minimum Gasteiger partial charge on any atom is -0.294 e. The van der Waals surface area contributed by atoms with Gasteiger partial charge in [0.1, 0.15) is 17.5 Å². The number of aryl methyl sites for hydroxylation is 3. The van der Waals surface area contributed by atoms with Crippen LogP contribution in [0.2, 0.25) is 0 Å². The number of benzene rings is 21. The van der Waals surface area contributed by atoms with Gasteiger partial charge in [-0.2, -0.15) is 0 Å². The Morgan fingerprint density at radius 2 is 0.467 bits per heavy atom. The lowest BCUT2D eigenvalue weighted by Gasteiger charge is -2.23. The highest BCUT2D eigenvalue weighted by molar-refractivity contribution is 8.00. The smallest absolute Gasteiger partial charge is 0.114 e. The van der Waals surface area contributed by atoms with E-state index in [9.17, 15) is 0 Å². The summed E-state index contributed by atoms with van der Waals surface area (Å²) >= 11 is 5.55. The van der Waals surface area contributed by atoms with E-state index in [4.69, 9.17) is 15.0 Å². The Bertz CT molecular complexity index is 8900. The third kappa shape index (κ3) is 12.9. The second-order valence-corrected chi connectivity index (χ2v) is 39.5. The van der Waals surface area contributed by atoms with Crippen molar-refractivity contribution >= 4 is 133 Å². The molecular weight excluding hydrogens is 1690 g/mol. The molecule has 3 aliphatic heterocycles. The number of hydrogen-bond donors (Lipinski definition) is 0. The van der Waals surface area contributed by atoms with Gasteiger partial charge in [-0.05, 0) is 261 Å². The first kappa shape index (κ1) is 80.5. The Kier molecular flexibility index (Phi) is 19.2. The maximum absolute atomic E-state index is 5.05. The van der Waals surface area contributed by atoms with Gasteiger partial charge in [-0.25, -0.2) is 15.0 Å². The molecule has 1 aliphatic carbocycles. The molecule has 640 valence electrons. The molecule has 3 aromatic heterocycles. The Balaban J connectivity index is 0.000000105. The van der Waals surface area contributed by atoms with Gasteiger partial charge in [0.05, 0.1) is 50.2 Å². The van der Waals surface area contributed by atoms with Gasteiger partial charge in [-0.1, -0.05) is 391 Å². The first-order chi connectivity index (χ1) is 66.6. The number of para-hydroxylation sites is 3. The summed E-state index contributed by atoms with van der Waals surface area (Å²) in [5.41, 5.74) is 36.1. The summed E-state index contributed by atoms with van der Waals surface area (Å²) in [4.78, 5) is 22.7. The summed E-state index contributed by atoms with van der Waals surface area (Å²) in [5.74, 6) is 3.32. The van der Waals surface area contributed by atoms with Crippen LogP contribution < -0.4 is 0 Å². The predicted molar refractivity (Wildman–Crippen MR) is 570 cm³/mol. The lowest BCUT2D eigenvalue weighted by molar-refractivity contribution is 0.660.